The predicted molar refractivity (Wildman–Crippen MR) is 33.8 cm³/mol. The molecule has 0 aromatic carbocycles. The standard InChI is InChI=1S/C6H9NO3/c1-2-9-3-5-6(8)10-4-7-5/h3,7H,2,4H2,1H3/b5-3-. The van der Waals surface area contributed by atoms with Gasteiger partial charge in [-0.05, 0) is 6.92 Å². The molecule has 56 valence electrons. The number of hydrogen-bond donors (Lipinski definition) is 1. The maximum Gasteiger partial charge on any atom is 0.359 e. The predicted octanol–water partition coefficient (Wildman–Crippen LogP) is -0.0318. The molecule has 1 aliphatic heterocycles. The van der Waals surface area contributed by atoms with Crippen LogP contribution in [0.25, 0.3) is 0 Å². The van der Waals surface area contributed by atoms with Gasteiger partial charge in [0.2, 0.25) is 0 Å². The van der Waals surface area contributed by atoms with Crippen LogP contribution in [0.2, 0.25) is 0 Å². The molecule has 1 saturated heterocycles. The van der Waals surface area contributed by atoms with Crippen LogP contribution in [-0.4, -0.2) is 19.3 Å². The first-order valence-electron chi connectivity index (χ1n) is 3.07. The Morgan fingerprint density at radius 3 is 3.20 bits per heavy atom. The topological polar surface area (TPSA) is 47.6 Å². The van der Waals surface area contributed by atoms with Gasteiger partial charge in [-0.15, -0.1) is 0 Å². The first-order valence-corrected chi connectivity index (χ1v) is 3.07. The molecule has 4 heteroatoms. The number of nitrogens with one attached hydrogen (secondary N) is 1. The zero-order chi connectivity index (χ0) is 7.40. The van der Waals surface area contributed by atoms with Crippen molar-refractivity contribution < 1.29 is 14.3 Å². The molecule has 0 spiro atoms. The lowest BCUT2D eigenvalue weighted by Gasteiger charge is -1.93. The van der Waals surface area contributed by atoms with E-state index in [0.717, 1.165) is 0 Å². The first kappa shape index (κ1) is 6.92. The van der Waals surface area contributed by atoms with Crippen molar-refractivity contribution in [3.63, 3.8) is 0 Å². The lowest BCUT2D eigenvalue weighted by molar-refractivity contribution is -0.135. The lowest BCUT2D eigenvalue weighted by atomic mass is 10.5. The van der Waals surface area contributed by atoms with Crippen LogP contribution in [-0.2, 0) is 14.3 Å². The van der Waals surface area contributed by atoms with Gasteiger partial charge >= 0.3 is 5.97 Å². The van der Waals surface area contributed by atoms with E-state index in [1.807, 2.05) is 6.92 Å². The third-order valence-electron chi connectivity index (χ3n) is 1.05. The molecule has 10 heavy (non-hydrogen) atoms. The maximum absolute atomic E-state index is 10.6. The molecule has 1 aliphatic rings. The first-order chi connectivity index (χ1) is 4.84. The molecule has 0 radical (unpaired) electrons. The highest BCUT2D eigenvalue weighted by Gasteiger charge is 2.17. The Labute approximate surface area is 58.8 Å². The summed E-state index contributed by atoms with van der Waals surface area (Å²) < 4.78 is 9.43. The average Bonchev–Trinajstić information content (AvgIpc) is 2.31. The van der Waals surface area contributed by atoms with Gasteiger partial charge in [-0.1, -0.05) is 0 Å². The Morgan fingerprint density at radius 2 is 2.70 bits per heavy atom. The van der Waals surface area contributed by atoms with Gasteiger partial charge in [0.05, 0.1) is 6.61 Å². The van der Waals surface area contributed by atoms with Crippen LogP contribution in [0.4, 0.5) is 0 Å². The molecule has 0 saturated carbocycles. The van der Waals surface area contributed by atoms with Crippen molar-refractivity contribution in [1.29, 1.82) is 0 Å². The molecule has 0 amide bonds. The van der Waals surface area contributed by atoms with Crippen LogP contribution in [0.1, 0.15) is 6.92 Å². The third-order valence-corrected chi connectivity index (χ3v) is 1.05. The highest BCUT2D eigenvalue weighted by atomic mass is 16.6. The van der Waals surface area contributed by atoms with E-state index in [0.29, 0.717) is 12.3 Å². The van der Waals surface area contributed by atoms with Gasteiger partial charge in [-0.3, -0.25) is 0 Å². The van der Waals surface area contributed by atoms with E-state index in [9.17, 15) is 4.79 Å². The monoisotopic (exact) mass is 143 g/mol. The van der Waals surface area contributed by atoms with Crippen molar-refractivity contribution in [2.45, 2.75) is 6.92 Å². The Bertz CT molecular complexity index is 164. The van der Waals surface area contributed by atoms with Crippen molar-refractivity contribution in [3.05, 3.63) is 12.0 Å². The fraction of sp³-hybridized carbons (Fsp3) is 0.500. The van der Waals surface area contributed by atoms with Crippen molar-refractivity contribution in [3.8, 4) is 0 Å². The fourth-order valence-corrected chi connectivity index (χ4v) is 0.586. The molecule has 0 unspecified atom stereocenters. The zero-order valence-corrected chi connectivity index (χ0v) is 5.72. The summed E-state index contributed by atoms with van der Waals surface area (Å²) in [6, 6.07) is 0. The molecule has 0 aliphatic carbocycles. The Kier molecular flexibility index (Phi) is 2.15. The summed E-state index contributed by atoms with van der Waals surface area (Å²) in [6.45, 7) is 2.65. The zero-order valence-electron chi connectivity index (χ0n) is 5.72. The van der Waals surface area contributed by atoms with Gasteiger partial charge < -0.3 is 14.8 Å². The van der Waals surface area contributed by atoms with Crippen LogP contribution < -0.4 is 5.32 Å². The van der Waals surface area contributed by atoms with Crippen molar-refractivity contribution in [2.75, 3.05) is 13.3 Å². The van der Waals surface area contributed by atoms with Crippen LogP contribution in [0.15, 0.2) is 12.0 Å². The van der Waals surface area contributed by atoms with Crippen LogP contribution in [0.3, 0.4) is 0 Å². The van der Waals surface area contributed by atoms with Gasteiger partial charge in [-0.2, -0.15) is 0 Å². The smallest absolute Gasteiger partial charge is 0.359 e. The molecule has 1 fully saturated rings. The van der Waals surface area contributed by atoms with Crippen molar-refractivity contribution >= 4 is 5.97 Å². The number of ether oxygens (including phenoxy) is 2. The van der Waals surface area contributed by atoms with E-state index in [4.69, 9.17) is 4.74 Å². The molecular formula is C6H9NO3. The van der Waals surface area contributed by atoms with Crippen LogP contribution >= 0.6 is 0 Å². The number of carbonyl (C=O) groups excluding carboxylic acids is 1. The minimum Gasteiger partial charge on any atom is -0.499 e. The summed E-state index contributed by atoms with van der Waals surface area (Å²) in [5.74, 6) is -0.353. The minimum absolute atomic E-state index is 0.248. The Morgan fingerprint density at radius 1 is 1.90 bits per heavy atom. The summed E-state index contributed by atoms with van der Waals surface area (Å²) in [5, 5.41) is 2.71. The summed E-state index contributed by atoms with van der Waals surface area (Å²) in [7, 11) is 0. The van der Waals surface area contributed by atoms with E-state index in [1.54, 1.807) is 0 Å². The number of carbonyl (C=O) groups is 1. The molecule has 4 nitrogen and oxygen atoms in total. The van der Waals surface area contributed by atoms with E-state index in [2.05, 4.69) is 10.1 Å². The fourth-order valence-electron chi connectivity index (χ4n) is 0.586. The van der Waals surface area contributed by atoms with E-state index < -0.39 is 0 Å². The van der Waals surface area contributed by atoms with Gasteiger partial charge in [0.15, 0.2) is 12.4 Å². The second-order valence-corrected chi connectivity index (χ2v) is 1.74. The van der Waals surface area contributed by atoms with Crippen LogP contribution in [0.5, 0.6) is 0 Å². The molecule has 1 rings (SSSR count). The summed E-state index contributed by atoms with van der Waals surface area (Å²) in [4.78, 5) is 10.6. The quantitative estimate of drug-likeness (QED) is 0.335. The minimum atomic E-state index is -0.353. The normalized spacial score (nSPS) is 20.5. The van der Waals surface area contributed by atoms with E-state index in [1.165, 1.54) is 6.26 Å². The lowest BCUT2D eigenvalue weighted by Crippen LogP contribution is -2.07. The number of cyclic esters (lactones) is 1. The molecule has 1 N–H and O–H groups in total. The molecular weight excluding hydrogens is 134 g/mol. The molecule has 1 heterocycles. The van der Waals surface area contributed by atoms with Gasteiger partial charge in [0.25, 0.3) is 0 Å². The third kappa shape index (κ3) is 1.40. The molecule has 0 aromatic heterocycles. The highest BCUT2D eigenvalue weighted by molar-refractivity contribution is 5.88. The molecule has 0 bridgehead atoms. The summed E-state index contributed by atoms with van der Waals surface area (Å²) in [5.41, 5.74) is 0.391. The van der Waals surface area contributed by atoms with Gasteiger partial charge in [0, 0.05) is 0 Å². The summed E-state index contributed by atoms with van der Waals surface area (Å²) in [6.07, 6.45) is 1.37. The Hall–Kier alpha value is -1.19. The maximum atomic E-state index is 10.6. The summed E-state index contributed by atoms with van der Waals surface area (Å²) >= 11 is 0. The highest BCUT2D eigenvalue weighted by Crippen LogP contribution is 2.00. The van der Waals surface area contributed by atoms with Crippen molar-refractivity contribution in [1.82, 2.24) is 5.32 Å². The van der Waals surface area contributed by atoms with Gasteiger partial charge in [0.1, 0.15) is 6.26 Å². The molecule has 0 atom stereocenters. The average molecular weight is 143 g/mol. The van der Waals surface area contributed by atoms with Crippen molar-refractivity contribution in [2.24, 2.45) is 0 Å². The van der Waals surface area contributed by atoms with E-state index in [-0.39, 0.29) is 12.7 Å². The number of esters is 1. The SMILES string of the molecule is CCO/C=C1\NCOC1=O. The number of rotatable bonds is 2. The second kappa shape index (κ2) is 3.10. The van der Waals surface area contributed by atoms with E-state index >= 15 is 0 Å². The van der Waals surface area contributed by atoms with Gasteiger partial charge in [-0.25, -0.2) is 4.79 Å². The van der Waals surface area contributed by atoms with Crippen LogP contribution in [0, 0.1) is 0 Å². The Balaban J connectivity index is 2.46. The largest absolute Gasteiger partial charge is 0.499 e. The number of hydrogen-bond acceptors (Lipinski definition) is 4. The second-order valence-electron chi connectivity index (χ2n) is 1.74. The molecule has 0 aromatic rings.